The van der Waals surface area contributed by atoms with Crippen molar-refractivity contribution >= 4 is 16.8 Å². The minimum atomic E-state index is -0.302. The summed E-state index contributed by atoms with van der Waals surface area (Å²) >= 11 is 0. The first-order chi connectivity index (χ1) is 17.8. The van der Waals surface area contributed by atoms with Gasteiger partial charge in [0.2, 0.25) is 5.43 Å². The first kappa shape index (κ1) is 25.8. The second kappa shape index (κ2) is 11.2. The van der Waals surface area contributed by atoms with E-state index in [9.17, 15) is 19.8 Å². The number of hydrogen-bond acceptors (Lipinski definition) is 7. The van der Waals surface area contributed by atoms with Gasteiger partial charge in [-0.3, -0.25) is 9.59 Å². The molecule has 3 aromatic carbocycles. The maximum atomic E-state index is 13.2. The quantitative estimate of drug-likeness (QED) is 0.197. The molecule has 0 bridgehead atoms. The van der Waals surface area contributed by atoms with Crippen molar-refractivity contribution in [1.82, 2.24) is 0 Å². The number of fused-ring (bicyclic) bond motifs is 1. The molecule has 7 heteroatoms. The number of hydrogen-bond donors (Lipinski definition) is 2. The van der Waals surface area contributed by atoms with E-state index in [2.05, 4.69) is 0 Å². The highest BCUT2D eigenvalue weighted by Crippen LogP contribution is 2.34. The molecule has 4 aromatic rings. The normalized spacial score (nSPS) is 11.0. The molecule has 0 radical (unpaired) electrons. The predicted octanol–water partition coefficient (Wildman–Crippen LogP) is 6.18. The van der Waals surface area contributed by atoms with Crippen molar-refractivity contribution in [2.75, 3.05) is 13.2 Å². The largest absolute Gasteiger partial charge is 0.507 e. The molecule has 0 saturated heterocycles. The third-order valence-corrected chi connectivity index (χ3v) is 6.12. The molecule has 1 aromatic heterocycles. The van der Waals surface area contributed by atoms with Crippen molar-refractivity contribution in [3.8, 4) is 34.1 Å². The number of phenolic OH excluding ortho intramolecular Hbond substituents is 2. The van der Waals surface area contributed by atoms with Gasteiger partial charge in [-0.1, -0.05) is 43.7 Å². The van der Waals surface area contributed by atoms with Crippen molar-refractivity contribution in [1.29, 1.82) is 0 Å². The molecule has 0 fully saturated rings. The summed E-state index contributed by atoms with van der Waals surface area (Å²) in [6.45, 7) is 5.74. The van der Waals surface area contributed by atoms with E-state index in [4.69, 9.17) is 13.9 Å². The van der Waals surface area contributed by atoms with Crippen LogP contribution in [-0.2, 0) is 6.42 Å². The summed E-state index contributed by atoms with van der Waals surface area (Å²) in [6.07, 6.45) is 1.91. The number of rotatable bonds is 10. The lowest BCUT2D eigenvalue weighted by Crippen LogP contribution is -2.09. The Hall–Kier alpha value is -4.26. The molecule has 0 amide bonds. The van der Waals surface area contributed by atoms with E-state index in [-0.39, 0.29) is 45.9 Å². The summed E-state index contributed by atoms with van der Waals surface area (Å²) in [6, 6.07) is 15.5. The Kier molecular flexibility index (Phi) is 7.82. The number of Topliss-reactive ketones (excluding diaryl/α,β-unsaturated/α-hetero) is 1. The SMILES string of the molecule is CCCc1c(OCCCOc2cc(O)c3c(=O)c(-c4ccccc4)c(C)oc3c2)ccc(C(C)=O)c1O. The fourth-order valence-corrected chi connectivity index (χ4v) is 4.37. The number of ketones is 1. The molecule has 0 atom stereocenters. The topological polar surface area (TPSA) is 106 Å². The van der Waals surface area contributed by atoms with Crippen LogP contribution in [0.4, 0.5) is 0 Å². The van der Waals surface area contributed by atoms with Crippen LogP contribution in [0.1, 0.15) is 48.4 Å². The zero-order chi connectivity index (χ0) is 26.5. The summed E-state index contributed by atoms with van der Waals surface area (Å²) in [4.78, 5) is 24.9. The van der Waals surface area contributed by atoms with Gasteiger partial charge in [-0.15, -0.1) is 0 Å². The van der Waals surface area contributed by atoms with E-state index in [1.54, 1.807) is 25.1 Å². The van der Waals surface area contributed by atoms with Gasteiger partial charge >= 0.3 is 0 Å². The molecule has 1 heterocycles. The molecule has 37 heavy (non-hydrogen) atoms. The lowest BCUT2D eigenvalue weighted by Gasteiger charge is -2.15. The summed E-state index contributed by atoms with van der Waals surface area (Å²) in [5, 5.41) is 21.2. The molecule has 4 rings (SSSR count). The van der Waals surface area contributed by atoms with Crippen molar-refractivity contribution < 1.29 is 28.9 Å². The summed E-state index contributed by atoms with van der Waals surface area (Å²) in [7, 11) is 0. The smallest absolute Gasteiger partial charge is 0.204 e. The lowest BCUT2D eigenvalue weighted by molar-refractivity contribution is 0.101. The monoisotopic (exact) mass is 502 g/mol. The number of carbonyl (C=O) groups excluding carboxylic acids is 1. The number of aryl methyl sites for hydroxylation is 1. The number of benzene rings is 3. The highest BCUT2D eigenvalue weighted by molar-refractivity contribution is 5.97. The summed E-state index contributed by atoms with van der Waals surface area (Å²) in [5.74, 6) is 0.933. The minimum Gasteiger partial charge on any atom is -0.507 e. The maximum Gasteiger partial charge on any atom is 0.204 e. The Morgan fingerprint density at radius 2 is 1.73 bits per heavy atom. The van der Waals surface area contributed by atoms with Crippen LogP contribution in [0.15, 0.2) is 63.8 Å². The second-order valence-electron chi connectivity index (χ2n) is 8.84. The average Bonchev–Trinajstić information content (AvgIpc) is 2.85. The molecule has 0 unspecified atom stereocenters. The molecular weight excluding hydrogens is 472 g/mol. The average molecular weight is 503 g/mol. The van der Waals surface area contributed by atoms with E-state index < -0.39 is 0 Å². The highest BCUT2D eigenvalue weighted by Gasteiger charge is 2.18. The summed E-state index contributed by atoms with van der Waals surface area (Å²) in [5.41, 5.74) is 1.99. The van der Waals surface area contributed by atoms with Crippen LogP contribution in [0, 0.1) is 6.92 Å². The predicted molar refractivity (Wildman–Crippen MR) is 142 cm³/mol. The van der Waals surface area contributed by atoms with E-state index >= 15 is 0 Å². The van der Waals surface area contributed by atoms with Crippen LogP contribution in [0.3, 0.4) is 0 Å². The number of ether oxygens (including phenoxy) is 2. The highest BCUT2D eigenvalue weighted by atomic mass is 16.5. The molecule has 0 aliphatic rings. The van der Waals surface area contributed by atoms with Gasteiger partial charge in [-0.05, 0) is 38.0 Å². The molecule has 0 spiro atoms. The van der Waals surface area contributed by atoms with E-state index in [0.717, 1.165) is 12.0 Å². The molecule has 0 aliphatic carbocycles. The Morgan fingerprint density at radius 3 is 2.43 bits per heavy atom. The van der Waals surface area contributed by atoms with Crippen LogP contribution in [0.5, 0.6) is 23.0 Å². The number of aromatic hydroxyl groups is 2. The van der Waals surface area contributed by atoms with Crippen LogP contribution < -0.4 is 14.9 Å². The molecular formula is C30H30O7. The van der Waals surface area contributed by atoms with E-state index in [0.29, 0.717) is 47.8 Å². The van der Waals surface area contributed by atoms with Gasteiger partial charge in [0.05, 0.1) is 24.3 Å². The van der Waals surface area contributed by atoms with E-state index in [1.807, 2.05) is 37.3 Å². The van der Waals surface area contributed by atoms with Gasteiger partial charge in [0.1, 0.15) is 39.7 Å². The molecule has 192 valence electrons. The van der Waals surface area contributed by atoms with Crippen molar-refractivity contribution in [2.24, 2.45) is 0 Å². The maximum absolute atomic E-state index is 13.2. The fraction of sp³-hybridized carbons (Fsp3) is 0.267. The molecule has 7 nitrogen and oxygen atoms in total. The Balaban J connectivity index is 1.44. The lowest BCUT2D eigenvalue weighted by atomic mass is 10.0. The van der Waals surface area contributed by atoms with Crippen LogP contribution in [-0.4, -0.2) is 29.2 Å². The molecule has 0 saturated carbocycles. The van der Waals surface area contributed by atoms with Crippen LogP contribution >= 0.6 is 0 Å². The van der Waals surface area contributed by atoms with Gasteiger partial charge in [-0.2, -0.15) is 0 Å². The van der Waals surface area contributed by atoms with Crippen LogP contribution in [0.25, 0.3) is 22.1 Å². The van der Waals surface area contributed by atoms with Gasteiger partial charge in [0.15, 0.2) is 5.78 Å². The summed E-state index contributed by atoms with van der Waals surface area (Å²) < 4.78 is 17.5. The first-order valence-corrected chi connectivity index (χ1v) is 12.3. The second-order valence-corrected chi connectivity index (χ2v) is 8.84. The van der Waals surface area contributed by atoms with E-state index in [1.165, 1.54) is 13.0 Å². The molecule has 2 N–H and O–H groups in total. The molecule has 0 aliphatic heterocycles. The zero-order valence-corrected chi connectivity index (χ0v) is 21.2. The standard InChI is InChI=1S/C30H30O7/c1-4-9-23-25(13-12-22(18(2)31)29(23)33)36-15-8-14-35-21-16-24(32)28-26(17-21)37-19(3)27(30(28)34)20-10-6-5-7-11-20/h5-7,10-13,16-17,32-33H,4,8-9,14-15H2,1-3H3. The third-order valence-electron chi connectivity index (χ3n) is 6.12. The first-order valence-electron chi connectivity index (χ1n) is 12.3. The van der Waals surface area contributed by atoms with Crippen LogP contribution in [0.2, 0.25) is 0 Å². The van der Waals surface area contributed by atoms with Gasteiger partial charge in [0.25, 0.3) is 0 Å². The Bertz CT molecular complexity index is 1490. The minimum absolute atomic E-state index is 0.0260. The zero-order valence-electron chi connectivity index (χ0n) is 21.2. The van der Waals surface area contributed by atoms with Gasteiger partial charge in [0, 0.05) is 24.1 Å². The fourth-order valence-electron chi connectivity index (χ4n) is 4.37. The van der Waals surface area contributed by atoms with Crippen molar-refractivity contribution in [3.63, 3.8) is 0 Å². The Morgan fingerprint density at radius 1 is 1.00 bits per heavy atom. The van der Waals surface area contributed by atoms with Crippen molar-refractivity contribution in [3.05, 3.63) is 81.7 Å². The van der Waals surface area contributed by atoms with Gasteiger partial charge < -0.3 is 24.1 Å². The van der Waals surface area contributed by atoms with Crippen molar-refractivity contribution in [2.45, 2.75) is 40.0 Å². The number of carbonyl (C=O) groups is 1. The third kappa shape index (κ3) is 5.45. The Labute approximate surface area is 214 Å². The van der Waals surface area contributed by atoms with Gasteiger partial charge in [-0.25, -0.2) is 0 Å². The number of phenols is 2.